The lowest BCUT2D eigenvalue weighted by Gasteiger charge is -2.40. The van der Waals surface area contributed by atoms with Crippen molar-refractivity contribution in [1.82, 2.24) is 4.90 Å². The Morgan fingerprint density at radius 2 is 2.11 bits per heavy atom. The Balaban J connectivity index is 1.61. The molecule has 3 heteroatoms. The molecule has 1 N–H and O–H groups in total. The third-order valence-corrected chi connectivity index (χ3v) is 4.89. The number of piperidine rings is 1. The van der Waals surface area contributed by atoms with E-state index in [0.717, 1.165) is 23.8 Å². The number of ether oxygens (including phenoxy) is 1. The molecule has 96 valence electrons. The van der Waals surface area contributed by atoms with Gasteiger partial charge in [-0.25, -0.2) is 0 Å². The molecular formula is C15H19NO2. The van der Waals surface area contributed by atoms with E-state index in [1.807, 2.05) is 24.3 Å². The highest BCUT2D eigenvalue weighted by Gasteiger charge is 2.44. The molecule has 2 aliphatic heterocycles. The summed E-state index contributed by atoms with van der Waals surface area (Å²) in [6, 6.07) is 8.71. The van der Waals surface area contributed by atoms with Crippen LogP contribution < -0.4 is 4.74 Å². The van der Waals surface area contributed by atoms with Crippen molar-refractivity contribution in [2.24, 2.45) is 5.92 Å². The number of benzene rings is 1. The Bertz CT molecular complexity index is 462. The SMILES string of the molecule is OC1c2ccccc2OCC1N1CC2CCC1C2. The predicted octanol–water partition coefficient (Wildman–Crippen LogP) is 1.97. The van der Waals surface area contributed by atoms with Crippen molar-refractivity contribution in [3.05, 3.63) is 29.8 Å². The minimum atomic E-state index is -0.394. The fourth-order valence-corrected chi connectivity index (χ4v) is 3.98. The molecule has 4 unspecified atom stereocenters. The Kier molecular flexibility index (Phi) is 2.39. The third-order valence-electron chi connectivity index (χ3n) is 4.89. The molecule has 1 saturated heterocycles. The number of hydrogen-bond acceptors (Lipinski definition) is 3. The van der Waals surface area contributed by atoms with Crippen LogP contribution in [0.25, 0.3) is 0 Å². The number of rotatable bonds is 1. The molecule has 4 atom stereocenters. The van der Waals surface area contributed by atoms with E-state index in [2.05, 4.69) is 4.90 Å². The van der Waals surface area contributed by atoms with Crippen LogP contribution >= 0.6 is 0 Å². The number of hydrogen-bond donors (Lipinski definition) is 1. The van der Waals surface area contributed by atoms with E-state index in [-0.39, 0.29) is 6.04 Å². The van der Waals surface area contributed by atoms with Gasteiger partial charge in [-0.15, -0.1) is 0 Å². The first kappa shape index (κ1) is 10.8. The van der Waals surface area contributed by atoms with Crippen molar-refractivity contribution < 1.29 is 9.84 Å². The summed E-state index contributed by atoms with van der Waals surface area (Å²) in [5.41, 5.74) is 0.955. The maximum absolute atomic E-state index is 10.6. The second-order valence-corrected chi connectivity index (χ2v) is 5.89. The first-order valence-electron chi connectivity index (χ1n) is 6.98. The summed E-state index contributed by atoms with van der Waals surface area (Å²) >= 11 is 0. The molecule has 0 spiro atoms. The van der Waals surface area contributed by atoms with Crippen LogP contribution in [0, 0.1) is 5.92 Å². The molecule has 0 aromatic heterocycles. The van der Waals surface area contributed by atoms with Crippen molar-refractivity contribution in [1.29, 1.82) is 0 Å². The molecule has 2 bridgehead atoms. The summed E-state index contributed by atoms with van der Waals surface area (Å²) in [4.78, 5) is 2.49. The van der Waals surface area contributed by atoms with Gasteiger partial charge in [-0.1, -0.05) is 18.2 Å². The lowest BCUT2D eigenvalue weighted by molar-refractivity contribution is -0.0101. The number of aliphatic hydroxyl groups is 1. The minimum Gasteiger partial charge on any atom is -0.491 e. The zero-order valence-electron chi connectivity index (χ0n) is 10.5. The quantitative estimate of drug-likeness (QED) is 0.821. The first-order valence-corrected chi connectivity index (χ1v) is 6.98. The fourth-order valence-electron chi connectivity index (χ4n) is 3.98. The van der Waals surface area contributed by atoms with Crippen LogP contribution in [0.3, 0.4) is 0 Å². The van der Waals surface area contributed by atoms with Crippen LogP contribution in [0.5, 0.6) is 5.75 Å². The van der Waals surface area contributed by atoms with Gasteiger partial charge in [0.05, 0.1) is 6.04 Å². The van der Waals surface area contributed by atoms with Gasteiger partial charge in [-0.05, 0) is 31.2 Å². The molecule has 0 radical (unpaired) electrons. The molecule has 1 aromatic rings. The van der Waals surface area contributed by atoms with Crippen LogP contribution in [-0.2, 0) is 0 Å². The van der Waals surface area contributed by atoms with Gasteiger partial charge in [-0.2, -0.15) is 0 Å². The largest absolute Gasteiger partial charge is 0.491 e. The first-order chi connectivity index (χ1) is 8.83. The second-order valence-electron chi connectivity index (χ2n) is 5.89. The van der Waals surface area contributed by atoms with Crippen LogP contribution in [0.15, 0.2) is 24.3 Å². The minimum absolute atomic E-state index is 0.148. The summed E-state index contributed by atoms with van der Waals surface area (Å²) in [5, 5.41) is 10.6. The predicted molar refractivity (Wildman–Crippen MR) is 68.5 cm³/mol. The maximum atomic E-state index is 10.6. The van der Waals surface area contributed by atoms with Gasteiger partial charge in [0.25, 0.3) is 0 Å². The Labute approximate surface area is 107 Å². The van der Waals surface area contributed by atoms with E-state index in [0.29, 0.717) is 12.6 Å². The van der Waals surface area contributed by atoms with Crippen molar-refractivity contribution in [3.8, 4) is 5.75 Å². The summed E-state index contributed by atoms with van der Waals surface area (Å²) in [6.45, 7) is 1.78. The summed E-state index contributed by atoms with van der Waals surface area (Å²) in [6.07, 6.45) is 3.61. The zero-order valence-corrected chi connectivity index (χ0v) is 10.5. The number of likely N-dealkylation sites (tertiary alicyclic amines) is 1. The van der Waals surface area contributed by atoms with Gasteiger partial charge in [0, 0.05) is 18.2 Å². The van der Waals surface area contributed by atoms with Crippen molar-refractivity contribution in [3.63, 3.8) is 0 Å². The van der Waals surface area contributed by atoms with Crippen molar-refractivity contribution >= 4 is 0 Å². The normalized spacial score (nSPS) is 38.5. The second kappa shape index (κ2) is 3.97. The molecular weight excluding hydrogens is 226 g/mol. The van der Waals surface area contributed by atoms with Gasteiger partial charge < -0.3 is 9.84 Å². The average Bonchev–Trinajstić information content (AvgIpc) is 3.02. The van der Waals surface area contributed by atoms with E-state index >= 15 is 0 Å². The smallest absolute Gasteiger partial charge is 0.125 e. The third kappa shape index (κ3) is 1.50. The zero-order chi connectivity index (χ0) is 12.1. The Morgan fingerprint density at radius 1 is 1.22 bits per heavy atom. The average molecular weight is 245 g/mol. The van der Waals surface area contributed by atoms with Gasteiger partial charge in [0.1, 0.15) is 18.5 Å². The lowest BCUT2D eigenvalue weighted by Crippen LogP contribution is -2.49. The maximum Gasteiger partial charge on any atom is 0.125 e. The Morgan fingerprint density at radius 3 is 2.89 bits per heavy atom. The van der Waals surface area contributed by atoms with Gasteiger partial charge in [0.15, 0.2) is 0 Å². The molecule has 0 amide bonds. The van der Waals surface area contributed by atoms with Gasteiger partial charge in [0.2, 0.25) is 0 Å². The molecule has 1 aliphatic carbocycles. The van der Waals surface area contributed by atoms with Gasteiger partial charge in [-0.3, -0.25) is 4.90 Å². The lowest BCUT2D eigenvalue weighted by atomic mass is 9.96. The van der Waals surface area contributed by atoms with E-state index in [4.69, 9.17) is 4.74 Å². The molecule has 1 saturated carbocycles. The highest BCUT2D eigenvalue weighted by atomic mass is 16.5. The summed E-state index contributed by atoms with van der Waals surface area (Å²) < 4.78 is 5.82. The molecule has 18 heavy (non-hydrogen) atoms. The van der Waals surface area contributed by atoms with Crippen LogP contribution in [0.2, 0.25) is 0 Å². The topological polar surface area (TPSA) is 32.7 Å². The monoisotopic (exact) mass is 245 g/mol. The summed E-state index contributed by atoms with van der Waals surface area (Å²) in [5.74, 6) is 1.71. The van der Waals surface area contributed by atoms with E-state index in [1.54, 1.807) is 0 Å². The Hall–Kier alpha value is -1.06. The highest BCUT2D eigenvalue weighted by Crippen LogP contribution is 2.43. The fraction of sp³-hybridized carbons (Fsp3) is 0.600. The molecule has 3 aliphatic rings. The van der Waals surface area contributed by atoms with Gasteiger partial charge >= 0.3 is 0 Å². The number of nitrogens with zero attached hydrogens (tertiary/aromatic N) is 1. The van der Waals surface area contributed by atoms with E-state index in [1.165, 1.54) is 19.3 Å². The molecule has 3 nitrogen and oxygen atoms in total. The number of aliphatic hydroxyl groups excluding tert-OH is 1. The van der Waals surface area contributed by atoms with E-state index < -0.39 is 6.10 Å². The molecule has 2 fully saturated rings. The molecule has 4 rings (SSSR count). The van der Waals surface area contributed by atoms with E-state index in [9.17, 15) is 5.11 Å². The highest BCUT2D eigenvalue weighted by molar-refractivity contribution is 5.37. The van der Waals surface area contributed by atoms with Crippen LogP contribution in [0.1, 0.15) is 30.9 Å². The number of para-hydroxylation sites is 1. The standard InChI is InChI=1S/C15H19NO2/c17-15-12-3-1-2-4-14(12)18-9-13(15)16-8-10-5-6-11(16)7-10/h1-4,10-11,13,15,17H,5-9H2. The summed E-state index contributed by atoms with van der Waals surface area (Å²) in [7, 11) is 0. The van der Waals surface area contributed by atoms with Crippen LogP contribution in [0.4, 0.5) is 0 Å². The van der Waals surface area contributed by atoms with Crippen molar-refractivity contribution in [2.75, 3.05) is 13.2 Å². The molecule has 2 heterocycles. The van der Waals surface area contributed by atoms with Crippen LogP contribution in [-0.4, -0.2) is 35.2 Å². The number of fused-ring (bicyclic) bond motifs is 3. The molecule has 1 aromatic carbocycles. The van der Waals surface area contributed by atoms with Crippen molar-refractivity contribution in [2.45, 2.75) is 37.5 Å².